The van der Waals surface area contributed by atoms with Gasteiger partial charge in [0.1, 0.15) is 0 Å². The molecule has 0 heterocycles. The molecule has 0 aliphatic carbocycles. The quantitative estimate of drug-likeness (QED) is 0.797. The lowest BCUT2D eigenvalue weighted by Gasteiger charge is -2.22. The van der Waals surface area contributed by atoms with Crippen LogP contribution in [0.25, 0.3) is 0 Å². The minimum absolute atomic E-state index is 0.203. The highest BCUT2D eigenvalue weighted by molar-refractivity contribution is 9.10. The zero-order valence-electron chi connectivity index (χ0n) is 11.0. The minimum Gasteiger partial charge on any atom is -0.334 e. The van der Waals surface area contributed by atoms with E-state index in [-0.39, 0.29) is 6.54 Å². The molecule has 20 heavy (non-hydrogen) atoms. The molecule has 0 radical (unpaired) electrons. The summed E-state index contributed by atoms with van der Waals surface area (Å²) in [5.41, 5.74) is 0.733. The van der Waals surface area contributed by atoms with Crippen molar-refractivity contribution in [3.05, 3.63) is 33.3 Å². The number of hydrogen-bond acceptors (Lipinski definition) is 1. The summed E-state index contributed by atoms with van der Waals surface area (Å²) in [5, 5.41) is 3.11. The molecular formula is C13H16BrClF2N2O. The number of nitrogens with one attached hydrogen (secondary N) is 1. The van der Waals surface area contributed by atoms with Crippen molar-refractivity contribution in [2.75, 3.05) is 13.1 Å². The maximum atomic E-state index is 12.4. The van der Waals surface area contributed by atoms with Gasteiger partial charge in [-0.1, -0.05) is 40.5 Å². The lowest BCUT2D eigenvalue weighted by atomic mass is 10.2. The fraction of sp³-hybridized carbons (Fsp3) is 0.462. The van der Waals surface area contributed by atoms with Gasteiger partial charge in [-0.15, -0.1) is 0 Å². The Hall–Kier alpha value is -0.880. The van der Waals surface area contributed by atoms with Crippen LogP contribution in [-0.4, -0.2) is 30.4 Å². The fourth-order valence-corrected chi connectivity index (χ4v) is 2.40. The van der Waals surface area contributed by atoms with E-state index in [1.165, 1.54) is 0 Å². The fourth-order valence-electron chi connectivity index (χ4n) is 1.66. The number of urea groups is 1. The van der Waals surface area contributed by atoms with Gasteiger partial charge in [0.15, 0.2) is 0 Å². The standard InChI is InChI=1S/C13H16BrClF2N2O/c1-2-5-19(8-12(16)17)13(20)18-7-9-3-4-10(14)6-11(9)15/h3-4,6,12H,2,5,7-8H2,1H3,(H,18,20). The molecule has 0 aromatic heterocycles. The smallest absolute Gasteiger partial charge is 0.317 e. The van der Waals surface area contributed by atoms with E-state index in [4.69, 9.17) is 11.6 Å². The third kappa shape index (κ3) is 5.63. The summed E-state index contributed by atoms with van der Waals surface area (Å²) in [6.45, 7) is 1.77. The summed E-state index contributed by atoms with van der Waals surface area (Å²) in [6, 6.07) is 4.78. The van der Waals surface area contributed by atoms with Crippen LogP contribution in [-0.2, 0) is 6.54 Å². The summed E-state index contributed by atoms with van der Waals surface area (Å²) in [4.78, 5) is 13.0. The molecule has 0 saturated carbocycles. The topological polar surface area (TPSA) is 32.3 Å². The van der Waals surface area contributed by atoms with E-state index in [2.05, 4.69) is 21.2 Å². The number of nitrogens with zero attached hydrogens (tertiary/aromatic N) is 1. The molecule has 112 valence electrons. The highest BCUT2D eigenvalue weighted by atomic mass is 79.9. The first-order valence-electron chi connectivity index (χ1n) is 6.19. The Morgan fingerprint density at radius 3 is 2.75 bits per heavy atom. The Morgan fingerprint density at radius 2 is 2.20 bits per heavy atom. The van der Waals surface area contributed by atoms with E-state index in [9.17, 15) is 13.6 Å². The van der Waals surface area contributed by atoms with Gasteiger partial charge in [0.25, 0.3) is 6.43 Å². The normalized spacial score (nSPS) is 10.7. The van der Waals surface area contributed by atoms with Gasteiger partial charge < -0.3 is 10.2 Å². The first-order valence-corrected chi connectivity index (χ1v) is 7.36. The van der Waals surface area contributed by atoms with Gasteiger partial charge in [0.05, 0.1) is 6.54 Å². The predicted molar refractivity (Wildman–Crippen MR) is 79.3 cm³/mol. The van der Waals surface area contributed by atoms with Crippen LogP contribution >= 0.6 is 27.5 Å². The van der Waals surface area contributed by atoms with E-state index in [0.29, 0.717) is 18.0 Å². The van der Waals surface area contributed by atoms with Crippen LogP contribution in [0.4, 0.5) is 13.6 Å². The number of amides is 2. The number of alkyl halides is 2. The van der Waals surface area contributed by atoms with Crippen molar-refractivity contribution in [1.82, 2.24) is 10.2 Å². The number of rotatable bonds is 6. The van der Waals surface area contributed by atoms with Gasteiger partial charge in [-0.2, -0.15) is 0 Å². The van der Waals surface area contributed by atoms with Crippen LogP contribution in [0.3, 0.4) is 0 Å². The van der Waals surface area contributed by atoms with Crippen LogP contribution in [0.5, 0.6) is 0 Å². The molecule has 0 aliphatic heterocycles. The molecule has 1 N–H and O–H groups in total. The van der Waals surface area contributed by atoms with Gasteiger partial charge in [-0.3, -0.25) is 0 Å². The van der Waals surface area contributed by atoms with E-state index in [0.717, 1.165) is 14.9 Å². The molecule has 0 fully saturated rings. The van der Waals surface area contributed by atoms with E-state index in [1.807, 2.05) is 6.92 Å². The molecule has 0 bridgehead atoms. The first kappa shape index (κ1) is 17.2. The average molecular weight is 370 g/mol. The van der Waals surface area contributed by atoms with Crippen molar-refractivity contribution in [2.45, 2.75) is 26.3 Å². The molecule has 1 rings (SSSR count). The van der Waals surface area contributed by atoms with Gasteiger partial charge in [-0.25, -0.2) is 13.6 Å². The largest absolute Gasteiger partial charge is 0.334 e. The van der Waals surface area contributed by atoms with Gasteiger partial charge in [-0.05, 0) is 24.1 Å². The summed E-state index contributed by atoms with van der Waals surface area (Å²) < 4.78 is 25.6. The van der Waals surface area contributed by atoms with E-state index in [1.54, 1.807) is 18.2 Å². The number of hydrogen-bond donors (Lipinski definition) is 1. The van der Waals surface area contributed by atoms with Crippen LogP contribution in [0.15, 0.2) is 22.7 Å². The van der Waals surface area contributed by atoms with Crippen molar-refractivity contribution in [3.63, 3.8) is 0 Å². The van der Waals surface area contributed by atoms with Gasteiger partial charge in [0.2, 0.25) is 0 Å². The molecule has 2 amide bonds. The van der Waals surface area contributed by atoms with Crippen LogP contribution in [0.2, 0.25) is 5.02 Å². The number of halogens is 4. The SMILES string of the molecule is CCCN(CC(F)F)C(=O)NCc1ccc(Br)cc1Cl. The maximum Gasteiger partial charge on any atom is 0.317 e. The first-order chi connectivity index (χ1) is 9.43. The second kappa shape index (κ2) is 8.42. The maximum absolute atomic E-state index is 12.4. The molecular weight excluding hydrogens is 354 g/mol. The Morgan fingerprint density at radius 1 is 1.50 bits per heavy atom. The van der Waals surface area contributed by atoms with Crippen LogP contribution in [0.1, 0.15) is 18.9 Å². The Kier molecular flexibility index (Phi) is 7.23. The Labute approximate surface area is 130 Å². The van der Waals surface area contributed by atoms with Crippen molar-refractivity contribution < 1.29 is 13.6 Å². The monoisotopic (exact) mass is 368 g/mol. The number of benzene rings is 1. The predicted octanol–water partition coefficient (Wildman–Crippen LogP) is 4.29. The zero-order valence-corrected chi connectivity index (χ0v) is 13.3. The molecule has 0 unspecified atom stereocenters. The van der Waals surface area contributed by atoms with Crippen molar-refractivity contribution in [2.24, 2.45) is 0 Å². The lowest BCUT2D eigenvalue weighted by molar-refractivity contribution is 0.0982. The van der Waals surface area contributed by atoms with E-state index < -0.39 is 19.0 Å². The molecule has 0 aliphatic rings. The highest BCUT2D eigenvalue weighted by Gasteiger charge is 2.17. The Balaban J connectivity index is 2.59. The number of carbonyl (C=O) groups is 1. The molecule has 7 heteroatoms. The molecule has 1 aromatic carbocycles. The Bertz CT molecular complexity index is 460. The van der Waals surface area contributed by atoms with Crippen molar-refractivity contribution in [1.29, 1.82) is 0 Å². The van der Waals surface area contributed by atoms with Gasteiger partial charge >= 0.3 is 6.03 Å². The average Bonchev–Trinajstić information content (AvgIpc) is 2.36. The zero-order chi connectivity index (χ0) is 15.1. The lowest BCUT2D eigenvalue weighted by Crippen LogP contribution is -2.42. The van der Waals surface area contributed by atoms with Gasteiger partial charge in [0, 0.05) is 22.6 Å². The molecule has 3 nitrogen and oxygen atoms in total. The third-order valence-corrected chi connectivity index (χ3v) is 3.43. The molecule has 0 atom stereocenters. The summed E-state index contributed by atoms with van der Waals surface area (Å²) in [7, 11) is 0. The molecule has 0 spiro atoms. The highest BCUT2D eigenvalue weighted by Crippen LogP contribution is 2.21. The molecule has 0 saturated heterocycles. The second-order valence-electron chi connectivity index (χ2n) is 4.23. The van der Waals surface area contributed by atoms with Crippen molar-refractivity contribution in [3.8, 4) is 0 Å². The summed E-state index contributed by atoms with van der Waals surface area (Å²) >= 11 is 9.31. The van der Waals surface area contributed by atoms with Crippen LogP contribution < -0.4 is 5.32 Å². The second-order valence-corrected chi connectivity index (χ2v) is 5.55. The van der Waals surface area contributed by atoms with E-state index >= 15 is 0 Å². The summed E-state index contributed by atoms with van der Waals surface area (Å²) in [6.07, 6.45) is -1.91. The van der Waals surface area contributed by atoms with Crippen molar-refractivity contribution >= 4 is 33.6 Å². The minimum atomic E-state index is -2.54. The summed E-state index contributed by atoms with van der Waals surface area (Å²) in [5.74, 6) is 0. The number of carbonyl (C=O) groups excluding carboxylic acids is 1. The molecule has 1 aromatic rings. The third-order valence-electron chi connectivity index (χ3n) is 2.58. The van der Waals surface area contributed by atoms with Crippen LogP contribution in [0, 0.1) is 0 Å².